The Morgan fingerprint density at radius 1 is 1.58 bits per heavy atom. The number of halogens is 1. The van der Waals surface area contributed by atoms with Crippen LogP contribution in [0.1, 0.15) is 11.4 Å². The number of hydrogen-bond acceptors (Lipinski definition) is 3. The molecule has 0 aliphatic heterocycles. The standard InChI is InChI=1S/C13H14FN3O2/c1-7-4-8(2-3-9(7)14)11-6-16-12(17-11)5-10(15)13(18)19/h2-4,6,10H,5,15H2,1H3,(H,16,17)(H,18,19). The molecule has 4 N–H and O–H groups in total. The van der Waals surface area contributed by atoms with Gasteiger partial charge in [-0.1, -0.05) is 0 Å². The number of nitrogens with one attached hydrogen (secondary N) is 1. The van der Waals surface area contributed by atoms with Crippen LogP contribution in [0.25, 0.3) is 11.3 Å². The van der Waals surface area contributed by atoms with Gasteiger partial charge >= 0.3 is 5.97 Å². The summed E-state index contributed by atoms with van der Waals surface area (Å²) in [6.45, 7) is 1.68. The molecule has 2 rings (SSSR count). The van der Waals surface area contributed by atoms with Gasteiger partial charge < -0.3 is 15.8 Å². The third-order valence-electron chi connectivity index (χ3n) is 2.83. The maximum atomic E-state index is 13.2. The molecule has 0 saturated heterocycles. The highest BCUT2D eigenvalue weighted by molar-refractivity contribution is 5.73. The summed E-state index contributed by atoms with van der Waals surface area (Å²) in [7, 11) is 0. The predicted molar refractivity (Wildman–Crippen MR) is 68.0 cm³/mol. The van der Waals surface area contributed by atoms with E-state index in [1.165, 1.54) is 6.07 Å². The van der Waals surface area contributed by atoms with Crippen molar-refractivity contribution in [3.63, 3.8) is 0 Å². The number of nitrogens with zero attached hydrogens (tertiary/aromatic N) is 1. The highest BCUT2D eigenvalue weighted by Gasteiger charge is 2.14. The van der Waals surface area contributed by atoms with E-state index in [1.54, 1.807) is 25.3 Å². The zero-order valence-corrected chi connectivity index (χ0v) is 10.4. The third kappa shape index (κ3) is 2.97. The molecular weight excluding hydrogens is 249 g/mol. The molecule has 1 atom stereocenters. The molecule has 0 radical (unpaired) electrons. The van der Waals surface area contributed by atoms with Gasteiger partial charge in [0.1, 0.15) is 17.7 Å². The lowest BCUT2D eigenvalue weighted by atomic mass is 10.1. The van der Waals surface area contributed by atoms with Gasteiger partial charge in [-0.15, -0.1) is 0 Å². The molecule has 0 aliphatic carbocycles. The number of H-pyrrole nitrogens is 1. The van der Waals surface area contributed by atoms with Crippen LogP contribution in [0.4, 0.5) is 4.39 Å². The van der Waals surface area contributed by atoms with Crippen LogP contribution in [-0.2, 0) is 11.2 Å². The lowest BCUT2D eigenvalue weighted by molar-refractivity contribution is -0.138. The average Bonchev–Trinajstić information content (AvgIpc) is 2.81. The fourth-order valence-electron chi connectivity index (χ4n) is 1.72. The van der Waals surface area contributed by atoms with Crippen molar-refractivity contribution in [2.75, 3.05) is 0 Å². The Morgan fingerprint density at radius 2 is 2.32 bits per heavy atom. The zero-order valence-electron chi connectivity index (χ0n) is 10.4. The Labute approximate surface area is 109 Å². The number of aromatic nitrogens is 2. The Bertz CT molecular complexity index is 610. The van der Waals surface area contributed by atoms with Gasteiger partial charge in [-0.25, -0.2) is 9.37 Å². The fourth-order valence-corrected chi connectivity index (χ4v) is 1.72. The van der Waals surface area contributed by atoms with Gasteiger partial charge in [-0.2, -0.15) is 0 Å². The molecule has 0 saturated carbocycles. The second kappa shape index (κ2) is 5.19. The quantitative estimate of drug-likeness (QED) is 0.779. The highest BCUT2D eigenvalue weighted by atomic mass is 19.1. The van der Waals surface area contributed by atoms with Crippen LogP contribution in [0.15, 0.2) is 24.4 Å². The summed E-state index contributed by atoms with van der Waals surface area (Å²) < 4.78 is 13.2. The monoisotopic (exact) mass is 263 g/mol. The first kappa shape index (κ1) is 13.2. The molecule has 6 heteroatoms. The predicted octanol–water partition coefficient (Wildman–Crippen LogP) is 1.48. The lowest BCUT2D eigenvalue weighted by Crippen LogP contribution is -2.32. The number of benzene rings is 1. The Hall–Kier alpha value is -2.21. The molecule has 2 aromatic rings. The Kier molecular flexibility index (Phi) is 3.62. The molecule has 1 aromatic carbocycles. The summed E-state index contributed by atoms with van der Waals surface area (Å²) in [4.78, 5) is 17.7. The van der Waals surface area contributed by atoms with E-state index in [9.17, 15) is 9.18 Å². The van der Waals surface area contributed by atoms with E-state index in [2.05, 4.69) is 9.97 Å². The zero-order chi connectivity index (χ0) is 14.0. The normalized spacial score (nSPS) is 12.4. The first-order valence-electron chi connectivity index (χ1n) is 5.76. The van der Waals surface area contributed by atoms with Gasteiger partial charge in [0.05, 0.1) is 11.9 Å². The number of aliphatic carboxylic acids is 1. The van der Waals surface area contributed by atoms with E-state index < -0.39 is 12.0 Å². The number of rotatable bonds is 4. The van der Waals surface area contributed by atoms with Crippen molar-refractivity contribution in [1.82, 2.24) is 9.97 Å². The van der Waals surface area contributed by atoms with Crippen molar-refractivity contribution < 1.29 is 14.3 Å². The fraction of sp³-hybridized carbons (Fsp3) is 0.231. The number of carboxylic acids is 1. The van der Waals surface area contributed by atoms with E-state index in [-0.39, 0.29) is 12.2 Å². The molecule has 100 valence electrons. The van der Waals surface area contributed by atoms with Gasteiger partial charge in [-0.3, -0.25) is 4.79 Å². The van der Waals surface area contributed by atoms with E-state index in [1.807, 2.05) is 0 Å². The second-order valence-electron chi connectivity index (χ2n) is 4.36. The second-order valence-corrected chi connectivity index (χ2v) is 4.36. The minimum atomic E-state index is -1.07. The summed E-state index contributed by atoms with van der Waals surface area (Å²) in [5.74, 6) is -0.848. The molecular formula is C13H14FN3O2. The molecule has 0 amide bonds. The largest absolute Gasteiger partial charge is 0.480 e. The van der Waals surface area contributed by atoms with Crippen molar-refractivity contribution in [2.45, 2.75) is 19.4 Å². The number of carboxylic acid groups (broad SMARTS) is 1. The summed E-state index contributed by atoms with van der Waals surface area (Å²) in [5, 5.41) is 8.73. The maximum Gasteiger partial charge on any atom is 0.320 e. The molecule has 1 unspecified atom stereocenters. The Morgan fingerprint density at radius 3 is 2.95 bits per heavy atom. The minimum absolute atomic E-state index is 0.121. The van der Waals surface area contributed by atoms with Gasteiger partial charge in [0.15, 0.2) is 0 Å². The summed E-state index contributed by atoms with van der Waals surface area (Å²) in [6.07, 6.45) is 1.70. The van der Waals surface area contributed by atoms with Crippen LogP contribution in [0.3, 0.4) is 0 Å². The van der Waals surface area contributed by atoms with Crippen molar-refractivity contribution in [3.05, 3.63) is 41.6 Å². The van der Waals surface area contributed by atoms with Crippen LogP contribution in [0.5, 0.6) is 0 Å². The number of carbonyl (C=O) groups is 1. The van der Waals surface area contributed by atoms with E-state index in [4.69, 9.17) is 10.8 Å². The van der Waals surface area contributed by atoms with Gasteiger partial charge in [0, 0.05) is 12.0 Å². The first-order valence-corrected chi connectivity index (χ1v) is 5.76. The molecule has 1 aromatic heterocycles. The van der Waals surface area contributed by atoms with Crippen molar-refractivity contribution in [2.24, 2.45) is 5.73 Å². The molecule has 19 heavy (non-hydrogen) atoms. The smallest absolute Gasteiger partial charge is 0.320 e. The molecule has 0 spiro atoms. The molecule has 0 bridgehead atoms. The van der Waals surface area contributed by atoms with Crippen molar-refractivity contribution in [3.8, 4) is 11.3 Å². The lowest BCUT2D eigenvalue weighted by Gasteiger charge is -2.03. The number of nitrogens with two attached hydrogens (primary N) is 1. The van der Waals surface area contributed by atoms with E-state index >= 15 is 0 Å². The average molecular weight is 263 g/mol. The number of aryl methyl sites for hydroxylation is 1. The van der Waals surface area contributed by atoms with Crippen LogP contribution in [0.2, 0.25) is 0 Å². The first-order chi connectivity index (χ1) is 8.97. The van der Waals surface area contributed by atoms with Crippen molar-refractivity contribution in [1.29, 1.82) is 0 Å². The van der Waals surface area contributed by atoms with Crippen LogP contribution < -0.4 is 5.73 Å². The molecule has 5 nitrogen and oxygen atoms in total. The topological polar surface area (TPSA) is 92.0 Å². The Balaban J connectivity index is 2.20. The highest BCUT2D eigenvalue weighted by Crippen LogP contribution is 2.20. The maximum absolute atomic E-state index is 13.2. The summed E-state index contributed by atoms with van der Waals surface area (Å²) >= 11 is 0. The van der Waals surface area contributed by atoms with Crippen molar-refractivity contribution >= 4 is 5.97 Å². The van der Waals surface area contributed by atoms with E-state index in [0.717, 1.165) is 5.56 Å². The SMILES string of the molecule is Cc1cc(-c2cnc(CC(N)C(=O)O)[nH]2)ccc1F. The molecule has 0 fully saturated rings. The van der Waals surface area contributed by atoms with Crippen LogP contribution in [0, 0.1) is 12.7 Å². The summed E-state index contributed by atoms with van der Waals surface area (Å²) in [6, 6.07) is 3.73. The molecule has 1 heterocycles. The summed E-state index contributed by atoms with van der Waals surface area (Å²) in [5.41, 5.74) is 7.47. The van der Waals surface area contributed by atoms with Crippen LogP contribution in [-0.4, -0.2) is 27.1 Å². The molecule has 0 aliphatic rings. The van der Waals surface area contributed by atoms with Crippen LogP contribution >= 0.6 is 0 Å². The van der Waals surface area contributed by atoms with Gasteiger partial charge in [-0.05, 0) is 30.7 Å². The number of hydrogen-bond donors (Lipinski definition) is 3. The van der Waals surface area contributed by atoms with Gasteiger partial charge in [0.25, 0.3) is 0 Å². The minimum Gasteiger partial charge on any atom is -0.480 e. The number of imidazole rings is 1. The van der Waals surface area contributed by atoms with Gasteiger partial charge in [0.2, 0.25) is 0 Å². The van der Waals surface area contributed by atoms with E-state index in [0.29, 0.717) is 17.1 Å². The third-order valence-corrected chi connectivity index (χ3v) is 2.83. The number of aromatic amines is 1.